The number of nitro benzene ring substituents is 2. The number of alkyl halides is 3. The molecule has 164 valence electrons. The van der Waals surface area contributed by atoms with E-state index < -0.39 is 38.6 Å². The summed E-state index contributed by atoms with van der Waals surface area (Å²) in [5.74, 6) is -0.255. The molecule has 1 heterocycles. The van der Waals surface area contributed by atoms with Crippen molar-refractivity contribution >= 4 is 23.0 Å². The van der Waals surface area contributed by atoms with Gasteiger partial charge in [0.2, 0.25) is 0 Å². The number of anilines is 1. The molecule has 0 aliphatic carbocycles. The van der Waals surface area contributed by atoms with E-state index in [9.17, 15) is 38.2 Å². The van der Waals surface area contributed by atoms with Crippen LogP contribution in [0.2, 0.25) is 0 Å². The first-order valence-electron chi connectivity index (χ1n) is 9.14. The van der Waals surface area contributed by atoms with Crippen LogP contribution in [0.4, 0.5) is 30.2 Å². The highest BCUT2D eigenvalue weighted by Gasteiger charge is 2.40. The van der Waals surface area contributed by atoms with Gasteiger partial charge in [0.1, 0.15) is 0 Å². The number of carbonyl (C=O) groups excluding carboxylic acids is 1. The highest BCUT2D eigenvalue weighted by Crippen LogP contribution is 2.43. The molecule has 1 fully saturated rings. The number of nitrogens with zero attached hydrogens (tertiary/aromatic N) is 4. The van der Waals surface area contributed by atoms with Gasteiger partial charge in [0, 0.05) is 43.9 Å². The third-order valence-electron chi connectivity index (χ3n) is 5.05. The van der Waals surface area contributed by atoms with Crippen LogP contribution in [-0.4, -0.2) is 46.8 Å². The molecule has 1 amide bonds. The predicted molar refractivity (Wildman–Crippen MR) is 104 cm³/mol. The lowest BCUT2D eigenvalue weighted by Crippen LogP contribution is -2.49. The Kier molecular flexibility index (Phi) is 5.82. The van der Waals surface area contributed by atoms with Gasteiger partial charge in [-0.05, 0) is 18.6 Å². The zero-order valence-electron chi connectivity index (χ0n) is 16.3. The number of piperazine rings is 1. The molecular formula is C19H17F3N4O5. The van der Waals surface area contributed by atoms with Gasteiger partial charge in [-0.15, -0.1) is 0 Å². The Morgan fingerprint density at radius 2 is 1.48 bits per heavy atom. The predicted octanol–water partition coefficient (Wildman–Crippen LogP) is 3.79. The van der Waals surface area contributed by atoms with Gasteiger partial charge in [0.15, 0.2) is 5.69 Å². The van der Waals surface area contributed by atoms with Crippen LogP contribution < -0.4 is 4.90 Å². The smallest absolute Gasteiger partial charge is 0.357 e. The highest BCUT2D eigenvalue weighted by atomic mass is 19.4. The van der Waals surface area contributed by atoms with Crippen LogP contribution in [0.5, 0.6) is 0 Å². The van der Waals surface area contributed by atoms with Crippen molar-refractivity contribution in [2.45, 2.75) is 13.1 Å². The Balaban J connectivity index is 1.92. The summed E-state index contributed by atoms with van der Waals surface area (Å²) in [5, 5.41) is 22.9. The van der Waals surface area contributed by atoms with Crippen molar-refractivity contribution in [3.05, 3.63) is 73.3 Å². The molecule has 1 aliphatic heterocycles. The third-order valence-corrected chi connectivity index (χ3v) is 5.05. The van der Waals surface area contributed by atoms with Crippen LogP contribution in [0.25, 0.3) is 0 Å². The summed E-state index contributed by atoms with van der Waals surface area (Å²) in [4.78, 5) is 36.3. The standard InChI is InChI=1S/C19H17F3N4O5/c1-12-4-2-3-5-14(12)18(27)24-8-6-23(7-9-24)17-15(25(28)29)10-13(19(20,21)22)11-16(17)26(30)31/h2-5,10-11H,6-9H2,1H3. The zero-order valence-corrected chi connectivity index (χ0v) is 16.3. The summed E-state index contributed by atoms with van der Waals surface area (Å²) in [7, 11) is 0. The number of aryl methyl sites for hydroxylation is 1. The first kappa shape index (κ1) is 22.0. The summed E-state index contributed by atoms with van der Waals surface area (Å²) in [5.41, 5.74) is -2.71. The minimum Gasteiger partial charge on any atom is -0.357 e. The average molecular weight is 438 g/mol. The minimum atomic E-state index is -4.98. The van der Waals surface area contributed by atoms with Crippen molar-refractivity contribution < 1.29 is 27.8 Å². The van der Waals surface area contributed by atoms with Gasteiger partial charge in [-0.25, -0.2) is 0 Å². The van der Waals surface area contributed by atoms with E-state index in [-0.39, 0.29) is 32.1 Å². The van der Waals surface area contributed by atoms with Crippen LogP contribution in [-0.2, 0) is 6.18 Å². The van der Waals surface area contributed by atoms with E-state index in [2.05, 4.69) is 0 Å². The van der Waals surface area contributed by atoms with Crippen LogP contribution >= 0.6 is 0 Å². The normalized spacial score (nSPS) is 14.5. The summed E-state index contributed by atoms with van der Waals surface area (Å²) < 4.78 is 39.2. The lowest BCUT2D eigenvalue weighted by molar-refractivity contribution is -0.393. The van der Waals surface area contributed by atoms with E-state index >= 15 is 0 Å². The van der Waals surface area contributed by atoms with Crippen LogP contribution in [0.3, 0.4) is 0 Å². The average Bonchev–Trinajstić information content (AvgIpc) is 2.72. The molecule has 0 spiro atoms. The molecule has 31 heavy (non-hydrogen) atoms. The maximum atomic E-state index is 13.1. The molecule has 2 aromatic rings. The van der Waals surface area contributed by atoms with Crippen molar-refractivity contribution in [1.82, 2.24) is 4.90 Å². The Hall–Kier alpha value is -3.70. The van der Waals surface area contributed by atoms with Crippen molar-refractivity contribution in [2.24, 2.45) is 0 Å². The Morgan fingerprint density at radius 3 is 1.94 bits per heavy atom. The number of carbonyl (C=O) groups is 1. The molecule has 0 unspecified atom stereocenters. The maximum absolute atomic E-state index is 13.1. The second-order valence-corrected chi connectivity index (χ2v) is 6.97. The Labute approximate surface area is 174 Å². The fraction of sp³-hybridized carbons (Fsp3) is 0.316. The quantitative estimate of drug-likeness (QED) is 0.531. The van der Waals surface area contributed by atoms with Gasteiger partial charge in [0.25, 0.3) is 17.3 Å². The third kappa shape index (κ3) is 4.42. The van der Waals surface area contributed by atoms with Gasteiger partial charge in [-0.1, -0.05) is 18.2 Å². The monoisotopic (exact) mass is 438 g/mol. The van der Waals surface area contributed by atoms with Crippen molar-refractivity contribution in [3.8, 4) is 0 Å². The minimum absolute atomic E-state index is 0.00926. The van der Waals surface area contributed by atoms with E-state index in [1.54, 1.807) is 31.2 Å². The molecule has 2 aromatic carbocycles. The van der Waals surface area contributed by atoms with Crippen LogP contribution in [0.15, 0.2) is 36.4 Å². The topological polar surface area (TPSA) is 110 Å². The van der Waals surface area contributed by atoms with E-state index in [4.69, 9.17) is 0 Å². The lowest BCUT2D eigenvalue weighted by Gasteiger charge is -2.35. The van der Waals surface area contributed by atoms with E-state index in [0.717, 1.165) is 5.56 Å². The maximum Gasteiger partial charge on any atom is 0.416 e. The number of halogens is 3. The molecule has 3 rings (SSSR count). The summed E-state index contributed by atoms with van der Waals surface area (Å²) in [6.45, 7) is 1.96. The summed E-state index contributed by atoms with van der Waals surface area (Å²) >= 11 is 0. The molecule has 0 atom stereocenters. The fourth-order valence-electron chi connectivity index (χ4n) is 3.49. The van der Waals surface area contributed by atoms with Crippen LogP contribution in [0.1, 0.15) is 21.5 Å². The number of hydrogen-bond acceptors (Lipinski definition) is 6. The highest BCUT2D eigenvalue weighted by molar-refractivity contribution is 5.95. The molecule has 0 aromatic heterocycles. The SMILES string of the molecule is Cc1ccccc1C(=O)N1CCN(c2c([N+](=O)[O-])cc(C(F)(F)F)cc2[N+](=O)[O-])CC1. The Bertz CT molecular complexity index is 1010. The number of nitro groups is 2. The lowest BCUT2D eigenvalue weighted by atomic mass is 10.1. The zero-order chi connectivity index (χ0) is 22.9. The molecule has 0 bridgehead atoms. The first-order valence-corrected chi connectivity index (χ1v) is 9.14. The molecule has 0 saturated carbocycles. The van der Waals surface area contributed by atoms with E-state index in [1.165, 1.54) is 9.80 Å². The number of benzene rings is 2. The first-order chi connectivity index (χ1) is 14.5. The van der Waals surface area contributed by atoms with E-state index in [1.807, 2.05) is 0 Å². The van der Waals surface area contributed by atoms with Gasteiger partial charge < -0.3 is 9.80 Å². The fourth-order valence-corrected chi connectivity index (χ4v) is 3.49. The van der Waals surface area contributed by atoms with Gasteiger partial charge in [0.05, 0.1) is 15.4 Å². The second-order valence-electron chi connectivity index (χ2n) is 6.97. The van der Waals surface area contributed by atoms with E-state index in [0.29, 0.717) is 17.7 Å². The molecule has 1 saturated heterocycles. The van der Waals surface area contributed by atoms with Crippen molar-refractivity contribution in [1.29, 1.82) is 0 Å². The van der Waals surface area contributed by atoms with Gasteiger partial charge >= 0.3 is 6.18 Å². The van der Waals surface area contributed by atoms with Gasteiger partial charge in [-0.3, -0.25) is 25.0 Å². The molecule has 9 nitrogen and oxygen atoms in total. The molecule has 0 N–H and O–H groups in total. The van der Waals surface area contributed by atoms with Crippen LogP contribution in [0, 0.1) is 27.2 Å². The number of hydrogen-bond donors (Lipinski definition) is 0. The molecule has 1 aliphatic rings. The summed E-state index contributed by atoms with van der Waals surface area (Å²) in [6, 6.07) is 7.53. The number of amides is 1. The number of rotatable bonds is 4. The summed E-state index contributed by atoms with van der Waals surface area (Å²) in [6.07, 6.45) is -4.98. The Morgan fingerprint density at radius 1 is 0.968 bits per heavy atom. The van der Waals surface area contributed by atoms with Gasteiger partial charge in [-0.2, -0.15) is 13.2 Å². The molecule has 0 radical (unpaired) electrons. The largest absolute Gasteiger partial charge is 0.416 e. The molecular weight excluding hydrogens is 421 g/mol. The molecule has 12 heteroatoms. The second kappa shape index (κ2) is 8.20. The van der Waals surface area contributed by atoms with Crippen molar-refractivity contribution in [3.63, 3.8) is 0 Å². The van der Waals surface area contributed by atoms with Crippen molar-refractivity contribution in [2.75, 3.05) is 31.1 Å².